The molecular weight excluding hydrogens is 348 g/mol. The number of hydrogen-bond acceptors (Lipinski definition) is 3. The van der Waals surface area contributed by atoms with E-state index in [-0.39, 0.29) is 10.3 Å². The molecule has 3 rings (SSSR count). The SMILES string of the molecule is CC(C)(C)[S+]([O-])NC1(c2ccc(Br)cn2)CC2(CCC2)C1. The zero-order chi connectivity index (χ0) is 15.3. The van der Waals surface area contributed by atoms with E-state index in [2.05, 4.69) is 31.7 Å². The van der Waals surface area contributed by atoms with Crippen molar-refractivity contribution in [2.45, 2.75) is 63.2 Å². The largest absolute Gasteiger partial charge is 0.598 e. The van der Waals surface area contributed by atoms with E-state index in [1.165, 1.54) is 19.3 Å². The summed E-state index contributed by atoms with van der Waals surface area (Å²) in [6, 6.07) is 4.08. The number of hydrogen-bond donors (Lipinski definition) is 1. The highest BCUT2D eigenvalue weighted by atomic mass is 79.9. The Morgan fingerprint density at radius 3 is 2.38 bits per heavy atom. The van der Waals surface area contributed by atoms with Crippen LogP contribution in [0.25, 0.3) is 0 Å². The summed E-state index contributed by atoms with van der Waals surface area (Å²) in [6.45, 7) is 6.03. The summed E-state index contributed by atoms with van der Waals surface area (Å²) in [5.74, 6) is 0. The van der Waals surface area contributed by atoms with Crippen LogP contribution in [0.1, 0.15) is 58.6 Å². The zero-order valence-corrected chi connectivity index (χ0v) is 15.3. The molecule has 2 aliphatic carbocycles. The Morgan fingerprint density at radius 2 is 1.95 bits per heavy atom. The van der Waals surface area contributed by atoms with Gasteiger partial charge in [0.2, 0.25) is 0 Å². The normalized spacial score (nSPS) is 24.2. The van der Waals surface area contributed by atoms with Gasteiger partial charge in [0.15, 0.2) is 0 Å². The van der Waals surface area contributed by atoms with Crippen LogP contribution in [0.4, 0.5) is 0 Å². The van der Waals surface area contributed by atoms with Gasteiger partial charge in [-0.2, -0.15) is 0 Å². The van der Waals surface area contributed by atoms with Crippen molar-refractivity contribution in [3.05, 3.63) is 28.5 Å². The fourth-order valence-electron chi connectivity index (χ4n) is 3.55. The first-order valence-corrected chi connectivity index (χ1v) is 9.51. The maximum atomic E-state index is 12.6. The number of nitrogens with zero attached hydrogens (tertiary/aromatic N) is 1. The molecule has 1 unspecified atom stereocenters. The monoisotopic (exact) mass is 370 g/mol. The second-order valence-electron chi connectivity index (χ2n) is 7.63. The van der Waals surface area contributed by atoms with Crippen LogP contribution in [0, 0.1) is 5.41 Å². The molecule has 0 aliphatic heterocycles. The Balaban J connectivity index is 1.84. The molecule has 2 aliphatic rings. The van der Waals surface area contributed by atoms with Gasteiger partial charge in [-0.3, -0.25) is 4.98 Å². The lowest BCUT2D eigenvalue weighted by atomic mass is 9.48. The minimum atomic E-state index is -1.07. The van der Waals surface area contributed by atoms with E-state index < -0.39 is 11.4 Å². The third kappa shape index (κ3) is 2.90. The van der Waals surface area contributed by atoms with Crippen molar-refractivity contribution in [1.29, 1.82) is 0 Å². The van der Waals surface area contributed by atoms with E-state index in [4.69, 9.17) is 0 Å². The van der Waals surface area contributed by atoms with E-state index in [0.29, 0.717) is 5.41 Å². The molecule has 1 aromatic rings. The van der Waals surface area contributed by atoms with E-state index >= 15 is 0 Å². The summed E-state index contributed by atoms with van der Waals surface area (Å²) in [6.07, 6.45) is 7.94. The van der Waals surface area contributed by atoms with Crippen LogP contribution in [0.2, 0.25) is 0 Å². The standard InChI is InChI=1S/C16H23BrN2OS/c1-14(2,3)21(20)19-16(10-15(11-16)7-4-8-15)13-6-5-12(17)9-18-13/h5-6,9,19H,4,7-8,10-11H2,1-3H3. The highest BCUT2D eigenvalue weighted by molar-refractivity contribution is 9.10. The predicted octanol–water partition coefficient (Wildman–Crippen LogP) is 4.06. The molecular formula is C16H23BrN2OS. The van der Waals surface area contributed by atoms with Gasteiger partial charge in [0.05, 0.1) is 5.69 Å². The second-order valence-corrected chi connectivity index (χ2v) is 10.5. The van der Waals surface area contributed by atoms with Crippen LogP contribution in [-0.2, 0) is 16.9 Å². The average molecular weight is 371 g/mol. The molecule has 0 radical (unpaired) electrons. The van der Waals surface area contributed by atoms with Crippen LogP contribution in [0.3, 0.4) is 0 Å². The molecule has 0 amide bonds. The highest BCUT2D eigenvalue weighted by Gasteiger charge is 2.61. The Kier molecular flexibility index (Phi) is 3.92. The maximum Gasteiger partial charge on any atom is 0.136 e. The van der Waals surface area contributed by atoms with Crippen LogP contribution < -0.4 is 4.72 Å². The molecule has 21 heavy (non-hydrogen) atoms. The first-order chi connectivity index (χ1) is 9.75. The second kappa shape index (κ2) is 5.22. The molecule has 2 saturated carbocycles. The number of rotatable bonds is 3. The predicted molar refractivity (Wildman–Crippen MR) is 90.2 cm³/mol. The first kappa shape index (κ1) is 15.8. The van der Waals surface area contributed by atoms with Crippen molar-refractivity contribution in [2.75, 3.05) is 0 Å². The summed E-state index contributed by atoms with van der Waals surface area (Å²) in [5, 5.41) is 0. The Morgan fingerprint density at radius 1 is 1.29 bits per heavy atom. The van der Waals surface area contributed by atoms with Crippen LogP contribution in [0.5, 0.6) is 0 Å². The number of pyridine rings is 1. The lowest BCUT2D eigenvalue weighted by Crippen LogP contribution is -2.63. The molecule has 2 fully saturated rings. The minimum absolute atomic E-state index is 0.209. The van der Waals surface area contributed by atoms with Gasteiger partial charge >= 0.3 is 0 Å². The van der Waals surface area contributed by atoms with Gasteiger partial charge in [-0.15, -0.1) is 4.72 Å². The van der Waals surface area contributed by atoms with E-state index in [0.717, 1.165) is 23.0 Å². The van der Waals surface area contributed by atoms with E-state index in [9.17, 15) is 4.55 Å². The number of aromatic nitrogens is 1. The van der Waals surface area contributed by atoms with Crippen LogP contribution in [0.15, 0.2) is 22.8 Å². The summed E-state index contributed by atoms with van der Waals surface area (Å²) in [4.78, 5) is 4.59. The molecule has 5 heteroatoms. The van der Waals surface area contributed by atoms with Crippen molar-refractivity contribution in [2.24, 2.45) is 5.41 Å². The fraction of sp³-hybridized carbons (Fsp3) is 0.688. The first-order valence-electron chi connectivity index (χ1n) is 7.57. The summed E-state index contributed by atoms with van der Waals surface area (Å²) < 4.78 is 16.7. The molecule has 1 spiro atoms. The van der Waals surface area contributed by atoms with Crippen LogP contribution >= 0.6 is 15.9 Å². The van der Waals surface area contributed by atoms with Gasteiger partial charge in [0.1, 0.15) is 10.3 Å². The van der Waals surface area contributed by atoms with Crippen molar-refractivity contribution < 1.29 is 4.55 Å². The lowest BCUT2D eigenvalue weighted by Gasteiger charge is -2.60. The molecule has 116 valence electrons. The molecule has 0 bridgehead atoms. The van der Waals surface area contributed by atoms with Gasteiger partial charge in [0.25, 0.3) is 0 Å². The fourth-order valence-corrected chi connectivity index (χ4v) is 4.70. The highest BCUT2D eigenvalue weighted by Crippen LogP contribution is 2.63. The van der Waals surface area contributed by atoms with Crippen LogP contribution in [-0.4, -0.2) is 14.3 Å². The Labute approximate surface area is 138 Å². The molecule has 3 nitrogen and oxygen atoms in total. The average Bonchev–Trinajstić information content (AvgIpc) is 2.30. The van der Waals surface area contributed by atoms with Gasteiger partial charge in [-0.25, -0.2) is 0 Å². The quantitative estimate of drug-likeness (QED) is 0.816. The van der Waals surface area contributed by atoms with E-state index in [1.807, 2.05) is 33.0 Å². The molecule has 0 saturated heterocycles. The smallest absolute Gasteiger partial charge is 0.136 e. The van der Waals surface area contributed by atoms with Crippen molar-refractivity contribution in [3.63, 3.8) is 0 Å². The summed E-state index contributed by atoms with van der Waals surface area (Å²) in [5.41, 5.74) is 1.31. The van der Waals surface area contributed by atoms with Gasteiger partial charge in [-0.1, -0.05) is 6.42 Å². The zero-order valence-electron chi connectivity index (χ0n) is 12.9. The molecule has 1 aromatic heterocycles. The van der Waals surface area contributed by atoms with Crippen molar-refractivity contribution >= 4 is 27.3 Å². The van der Waals surface area contributed by atoms with Gasteiger partial charge in [-0.05, 0) is 79.9 Å². The van der Waals surface area contributed by atoms with Crippen molar-refractivity contribution in [1.82, 2.24) is 9.71 Å². The molecule has 0 aromatic carbocycles. The van der Waals surface area contributed by atoms with E-state index in [1.54, 1.807) is 0 Å². The van der Waals surface area contributed by atoms with Gasteiger partial charge in [0, 0.05) is 22.0 Å². The molecule has 1 atom stereocenters. The van der Waals surface area contributed by atoms with Crippen molar-refractivity contribution in [3.8, 4) is 0 Å². The maximum absolute atomic E-state index is 12.6. The third-order valence-electron chi connectivity index (χ3n) is 4.83. The summed E-state index contributed by atoms with van der Waals surface area (Å²) >= 11 is 2.37. The topological polar surface area (TPSA) is 48.0 Å². The lowest BCUT2D eigenvalue weighted by molar-refractivity contribution is -0.0569. The third-order valence-corrected chi connectivity index (χ3v) is 6.99. The number of halogens is 1. The Bertz CT molecular complexity index is 514. The Hall–Kier alpha value is -0.100. The molecule has 1 N–H and O–H groups in total. The number of nitrogens with one attached hydrogen (secondary N) is 1. The molecule has 1 heterocycles. The summed E-state index contributed by atoms with van der Waals surface area (Å²) in [7, 11) is 0. The minimum Gasteiger partial charge on any atom is -0.598 e. The van der Waals surface area contributed by atoms with Gasteiger partial charge < -0.3 is 4.55 Å².